The van der Waals surface area contributed by atoms with Crippen molar-refractivity contribution in [2.24, 2.45) is 5.92 Å². The van der Waals surface area contributed by atoms with E-state index in [9.17, 15) is 4.79 Å². The standard InChI is InChI=1S/C21H19Cl2NO2/c1-2-26-21(25)16-8-4-7-15-13-5-3-6-14(13)19(24-20(15)16)12-9-10-17(22)18(23)11-12/h3-5,7-11,13-14,19,24H,2,6H2,1H3/t13-,14+,19-/m0/s1. The number of halogens is 2. The number of carbonyl (C=O) groups excluding carboxylic acids is 1. The first kappa shape index (κ1) is 17.4. The number of rotatable bonds is 3. The lowest BCUT2D eigenvalue weighted by molar-refractivity contribution is 0.0527. The van der Waals surface area contributed by atoms with Crippen LogP contribution in [0, 0.1) is 5.92 Å². The molecule has 0 fully saturated rings. The lowest BCUT2D eigenvalue weighted by atomic mass is 9.76. The van der Waals surface area contributed by atoms with Gasteiger partial charge in [0.05, 0.1) is 33.9 Å². The summed E-state index contributed by atoms with van der Waals surface area (Å²) in [5, 5.41) is 4.68. The molecule has 0 saturated carbocycles. The number of esters is 1. The number of carbonyl (C=O) groups is 1. The van der Waals surface area contributed by atoms with Crippen LogP contribution >= 0.6 is 23.2 Å². The zero-order valence-corrected chi connectivity index (χ0v) is 15.8. The molecular formula is C21H19Cl2NO2. The molecule has 1 aliphatic heterocycles. The molecule has 0 spiro atoms. The zero-order chi connectivity index (χ0) is 18.3. The van der Waals surface area contributed by atoms with E-state index in [1.54, 1.807) is 0 Å². The van der Waals surface area contributed by atoms with Gasteiger partial charge in [-0.2, -0.15) is 0 Å². The van der Waals surface area contributed by atoms with Crippen LogP contribution in [0.2, 0.25) is 10.0 Å². The van der Waals surface area contributed by atoms with Crippen molar-refractivity contribution in [3.05, 3.63) is 75.3 Å². The molecule has 3 nitrogen and oxygen atoms in total. The van der Waals surface area contributed by atoms with E-state index in [1.165, 1.54) is 0 Å². The summed E-state index contributed by atoms with van der Waals surface area (Å²) >= 11 is 12.3. The van der Waals surface area contributed by atoms with Crippen LogP contribution in [0.15, 0.2) is 48.6 Å². The van der Waals surface area contributed by atoms with E-state index in [2.05, 4.69) is 23.5 Å². The molecule has 26 heavy (non-hydrogen) atoms. The molecular weight excluding hydrogens is 369 g/mol. The van der Waals surface area contributed by atoms with Crippen molar-refractivity contribution in [3.8, 4) is 0 Å². The lowest BCUT2D eigenvalue weighted by Gasteiger charge is -2.38. The predicted molar refractivity (Wildman–Crippen MR) is 105 cm³/mol. The summed E-state index contributed by atoms with van der Waals surface area (Å²) in [5.74, 6) is 0.336. The van der Waals surface area contributed by atoms with E-state index in [-0.39, 0.29) is 17.9 Å². The Hall–Kier alpha value is -1.97. The Morgan fingerprint density at radius 1 is 1.23 bits per heavy atom. The SMILES string of the molecule is CCOC(=O)c1cccc2c1N[C@@H](c1ccc(Cl)c(Cl)c1)[C@@H]1CC=C[C@H]21. The summed E-state index contributed by atoms with van der Waals surface area (Å²) in [6, 6.07) is 11.6. The summed E-state index contributed by atoms with van der Waals surface area (Å²) in [5.41, 5.74) is 3.65. The maximum absolute atomic E-state index is 12.4. The van der Waals surface area contributed by atoms with Gasteiger partial charge in [0, 0.05) is 5.92 Å². The van der Waals surface area contributed by atoms with Crippen LogP contribution < -0.4 is 5.32 Å². The van der Waals surface area contributed by atoms with E-state index < -0.39 is 0 Å². The first-order valence-corrected chi connectivity index (χ1v) is 9.54. The molecule has 3 atom stereocenters. The third-order valence-corrected chi connectivity index (χ3v) is 5.93. The normalized spacial score (nSPS) is 23.1. The fourth-order valence-electron chi connectivity index (χ4n) is 4.04. The van der Waals surface area contributed by atoms with Gasteiger partial charge in [-0.3, -0.25) is 0 Å². The first-order valence-electron chi connectivity index (χ1n) is 8.78. The monoisotopic (exact) mass is 387 g/mol. The topological polar surface area (TPSA) is 38.3 Å². The van der Waals surface area contributed by atoms with Gasteiger partial charge in [0.25, 0.3) is 0 Å². The summed E-state index contributed by atoms with van der Waals surface area (Å²) in [7, 11) is 0. The first-order chi connectivity index (χ1) is 12.6. The van der Waals surface area contributed by atoms with Gasteiger partial charge in [-0.25, -0.2) is 4.79 Å². The van der Waals surface area contributed by atoms with Crippen molar-refractivity contribution in [1.82, 2.24) is 0 Å². The van der Waals surface area contributed by atoms with Crippen molar-refractivity contribution in [1.29, 1.82) is 0 Å². The predicted octanol–water partition coefficient (Wildman–Crippen LogP) is 6.00. The maximum Gasteiger partial charge on any atom is 0.340 e. The lowest BCUT2D eigenvalue weighted by Crippen LogP contribution is -2.30. The Bertz CT molecular complexity index is 894. The van der Waals surface area contributed by atoms with E-state index in [0.717, 1.165) is 23.2 Å². The highest BCUT2D eigenvalue weighted by Crippen LogP contribution is 2.51. The molecule has 0 amide bonds. The van der Waals surface area contributed by atoms with Crippen LogP contribution in [0.4, 0.5) is 5.69 Å². The van der Waals surface area contributed by atoms with Gasteiger partial charge in [0.2, 0.25) is 0 Å². The average molecular weight is 388 g/mol. The van der Waals surface area contributed by atoms with E-state index >= 15 is 0 Å². The van der Waals surface area contributed by atoms with Crippen molar-refractivity contribution in [2.45, 2.75) is 25.3 Å². The van der Waals surface area contributed by atoms with Crippen LogP contribution in [0.3, 0.4) is 0 Å². The number of fused-ring (bicyclic) bond motifs is 3. The van der Waals surface area contributed by atoms with Crippen LogP contribution in [0.5, 0.6) is 0 Å². The van der Waals surface area contributed by atoms with E-state index in [4.69, 9.17) is 27.9 Å². The Balaban J connectivity index is 1.80. The van der Waals surface area contributed by atoms with E-state index in [0.29, 0.717) is 28.1 Å². The van der Waals surface area contributed by atoms with Crippen LogP contribution in [-0.2, 0) is 4.74 Å². The van der Waals surface area contributed by atoms with Crippen LogP contribution in [0.1, 0.15) is 46.8 Å². The highest BCUT2D eigenvalue weighted by atomic mass is 35.5. The maximum atomic E-state index is 12.4. The minimum atomic E-state index is -0.301. The van der Waals surface area contributed by atoms with Crippen molar-refractivity contribution < 1.29 is 9.53 Å². The molecule has 0 radical (unpaired) electrons. The molecule has 134 valence electrons. The van der Waals surface area contributed by atoms with Crippen molar-refractivity contribution in [3.63, 3.8) is 0 Å². The molecule has 1 N–H and O–H groups in total. The molecule has 0 unspecified atom stereocenters. The highest BCUT2D eigenvalue weighted by molar-refractivity contribution is 6.42. The van der Waals surface area contributed by atoms with Gasteiger partial charge < -0.3 is 10.1 Å². The van der Waals surface area contributed by atoms with Gasteiger partial charge >= 0.3 is 5.97 Å². The molecule has 0 bridgehead atoms. The number of hydrogen-bond donors (Lipinski definition) is 1. The Labute approximate surface area is 163 Å². The molecule has 2 aliphatic rings. The second kappa shape index (κ2) is 6.98. The second-order valence-electron chi connectivity index (χ2n) is 6.64. The fraction of sp³-hybridized carbons (Fsp3) is 0.286. The summed E-state index contributed by atoms with van der Waals surface area (Å²) in [6.45, 7) is 2.17. The molecule has 0 aromatic heterocycles. The number of allylic oxidation sites excluding steroid dienone is 2. The molecule has 2 aromatic carbocycles. The van der Waals surface area contributed by atoms with Crippen LogP contribution in [0.25, 0.3) is 0 Å². The Kier molecular flexibility index (Phi) is 4.68. The second-order valence-corrected chi connectivity index (χ2v) is 7.45. The zero-order valence-electron chi connectivity index (χ0n) is 14.3. The minimum Gasteiger partial charge on any atom is -0.462 e. The number of ether oxygens (including phenoxy) is 1. The largest absolute Gasteiger partial charge is 0.462 e. The number of benzene rings is 2. The number of nitrogens with one attached hydrogen (secondary N) is 1. The number of hydrogen-bond acceptors (Lipinski definition) is 3. The van der Waals surface area contributed by atoms with E-state index in [1.807, 2.05) is 37.3 Å². The summed E-state index contributed by atoms with van der Waals surface area (Å²) in [6.07, 6.45) is 5.43. The molecule has 4 rings (SSSR count). The number of para-hydroxylation sites is 1. The summed E-state index contributed by atoms with van der Waals surface area (Å²) in [4.78, 5) is 12.4. The average Bonchev–Trinajstić information content (AvgIpc) is 3.13. The highest BCUT2D eigenvalue weighted by Gasteiger charge is 2.39. The van der Waals surface area contributed by atoms with Crippen LogP contribution in [-0.4, -0.2) is 12.6 Å². The van der Waals surface area contributed by atoms with Crippen molar-refractivity contribution in [2.75, 3.05) is 11.9 Å². The third-order valence-electron chi connectivity index (χ3n) is 5.19. The molecule has 2 aromatic rings. The van der Waals surface area contributed by atoms with Gasteiger partial charge in [-0.15, -0.1) is 0 Å². The molecule has 0 saturated heterocycles. The minimum absolute atomic E-state index is 0.0489. The third kappa shape index (κ3) is 2.89. The fourth-order valence-corrected chi connectivity index (χ4v) is 4.34. The van der Waals surface area contributed by atoms with Crippen molar-refractivity contribution >= 4 is 34.9 Å². The number of anilines is 1. The van der Waals surface area contributed by atoms with Gasteiger partial charge in [-0.05, 0) is 48.6 Å². The summed E-state index contributed by atoms with van der Waals surface area (Å²) < 4.78 is 5.25. The molecule has 1 heterocycles. The van der Waals surface area contributed by atoms with Gasteiger partial charge in [0.15, 0.2) is 0 Å². The molecule has 1 aliphatic carbocycles. The Morgan fingerprint density at radius 3 is 2.85 bits per heavy atom. The quantitative estimate of drug-likeness (QED) is 0.518. The smallest absolute Gasteiger partial charge is 0.340 e. The Morgan fingerprint density at radius 2 is 2.08 bits per heavy atom. The molecule has 5 heteroatoms. The van der Waals surface area contributed by atoms with Gasteiger partial charge in [0.1, 0.15) is 0 Å². The van der Waals surface area contributed by atoms with Gasteiger partial charge in [-0.1, -0.05) is 53.6 Å².